The maximum atomic E-state index is 12.3. The monoisotopic (exact) mass is 277 g/mol. The smallest absolute Gasteiger partial charge is 0.240 e. The van der Waals surface area contributed by atoms with Gasteiger partial charge in [0.2, 0.25) is 5.91 Å². The van der Waals surface area contributed by atoms with Gasteiger partial charge in [-0.15, -0.1) is 0 Å². The van der Waals surface area contributed by atoms with Crippen LogP contribution in [0.15, 0.2) is 12.5 Å². The maximum Gasteiger partial charge on any atom is 0.240 e. The van der Waals surface area contributed by atoms with E-state index >= 15 is 0 Å². The highest BCUT2D eigenvalue weighted by molar-refractivity contribution is 5.81. The van der Waals surface area contributed by atoms with Crippen LogP contribution in [0, 0.1) is 0 Å². The molecule has 1 aromatic rings. The Morgan fingerprint density at radius 1 is 1.50 bits per heavy atom. The van der Waals surface area contributed by atoms with E-state index in [1.165, 1.54) is 18.5 Å². The van der Waals surface area contributed by atoms with Crippen molar-refractivity contribution in [2.75, 3.05) is 33.7 Å². The second kappa shape index (κ2) is 5.54. The lowest BCUT2D eigenvalue weighted by Gasteiger charge is -2.36. The molecule has 1 unspecified atom stereocenters. The van der Waals surface area contributed by atoms with Crippen LogP contribution in [0.25, 0.3) is 0 Å². The molecule has 6 heteroatoms. The molecule has 1 atom stereocenters. The molecule has 0 spiro atoms. The van der Waals surface area contributed by atoms with E-state index in [1.807, 2.05) is 26.6 Å². The molecule has 0 aromatic carbocycles. The summed E-state index contributed by atoms with van der Waals surface area (Å²) in [6, 6.07) is 0.569. The van der Waals surface area contributed by atoms with Gasteiger partial charge in [-0.2, -0.15) is 0 Å². The number of carbonyl (C=O) groups excluding carboxylic acids is 1. The van der Waals surface area contributed by atoms with Crippen molar-refractivity contribution in [1.82, 2.24) is 24.7 Å². The van der Waals surface area contributed by atoms with Gasteiger partial charge in [-0.1, -0.05) is 0 Å². The summed E-state index contributed by atoms with van der Waals surface area (Å²) in [5.74, 6) is 0.176. The van der Waals surface area contributed by atoms with E-state index in [2.05, 4.69) is 19.8 Å². The zero-order valence-electron chi connectivity index (χ0n) is 12.2. The predicted octanol–water partition coefficient (Wildman–Crippen LogP) is 0.0800. The molecule has 1 amide bonds. The number of nitrogens with zero attached hydrogens (tertiary/aromatic N) is 4. The molecule has 2 heterocycles. The summed E-state index contributed by atoms with van der Waals surface area (Å²) < 4.78 is 2.28. The fourth-order valence-electron chi connectivity index (χ4n) is 2.82. The minimum atomic E-state index is -0.0682. The van der Waals surface area contributed by atoms with Crippen LogP contribution in [0.4, 0.5) is 0 Å². The molecular weight excluding hydrogens is 254 g/mol. The maximum absolute atomic E-state index is 12.3. The van der Waals surface area contributed by atoms with Crippen LogP contribution >= 0.6 is 0 Å². The third kappa shape index (κ3) is 2.71. The van der Waals surface area contributed by atoms with Gasteiger partial charge in [0, 0.05) is 52.5 Å². The van der Waals surface area contributed by atoms with Gasteiger partial charge < -0.3 is 14.8 Å². The van der Waals surface area contributed by atoms with E-state index in [0.717, 1.165) is 26.2 Å². The number of rotatable bonds is 4. The van der Waals surface area contributed by atoms with Crippen LogP contribution in [-0.4, -0.2) is 65.0 Å². The van der Waals surface area contributed by atoms with Gasteiger partial charge in [-0.3, -0.25) is 9.69 Å². The van der Waals surface area contributed by atoms with Gasteiger partial charge in [0.25, 0.3) is 0 Å². The number of hydrogen-bond donors (Lipinski definition) is 1. The van der Waals surface area contributed by atoms with Crippen molar-refractivity contribution in [2.24, 2.45) is 0 Å². The third-order valence-electron chi connectivity index (χ3n) is 4.13. The van der Waals surface area contributed by atoms with E-state index in [1.54, 1.807) is 4.90 Å². The van der Waals surface area contributed by atoms with Crippen LogP contribution in [0.5, 0.6) is 0 Å². The van der Waals surface area contributed by atoms with Crippen molar-refractivity contribution in [3.05, 3.63) is 18.2 Å². The highest BCUT2D eigenvalue weighted by Crippen LogP contribution is 2.35. The predicted molar refractivity (Wildman–Crippen MR) is 76.3 cm³/mol. The van der Waals surface area contributed by atoms with Crippen molar-refractivity contribution < 1.29 is 4.79 Å². The molecule has 3 rings (SSSR count). The minimum absolute atomic E-state index is 0.0682. The first-order valence-corrected chi connectivity index (χ1v) is 7.33. The summed E-state index contributed by atoms with van der Waals surface area (Å²) in [5.41, 5.74) is 1.23. The fourth-order valence-corrected chi connectivity index (χ4v) is 2.82. The molecule has 1 aromatic heterocycles. The summed E-state index contributed by atoms with van der Waals surface area (Å²) >= 11 is 0. The molecule has 1 N–H and O–H groups in total. The van der Waals surface area contributed by atoms with Crippen LogP contribution in [-0.2, 0) is 11.3 Å². The molecule has 0 radical (unpaired) electrons. The second-order valence-corrected chi connectivity index (χ2v) is 5.95. The Balaban J connectivity index is 1.73. The first-order chi connectivity index (χ1) is 9.66. The molecule has 1 saturated carbocycles. The summed E-state index contributed by atoms with van der Waals surface area (Å²) in [6.45, 7) is 3.38. The molecule has 1 saturated heterocycles. The van der Waals surface area contributed by atoms with Gasteiger partial charge in [-0.05, 0) is 12.8 Å². The molecule has 2 fully saturated rings. The van der Waals surface area contributed by atoms with Crippen LogP contribution < -0.4 is 5.32 Å². The Labute approximate surface area is 119 Å². The average molecular weight is 277 g/mol. The van der Waals surface area contributed by atoms with Gasteiger partial charge in [0.05, 0.1) is 12.0 Å². The number of piperazine rings is 1. The third-order valence-corrected chi connectivity index (χ3v) is 4.13. The molecule has 110 valence electrons. The standard InChI is InChI=1S/C14H23N5O/c1-17(2)14(20)13-8-15-5-6-18(13)9-12-7-16-10-19(12)11-3-4-11/h7,10-11,13,15H,3-6,8-9H2,1-2H3. The number of amides is 1. The summed E-state index contributed by atoms with van der Waals surface area (Å²) in [6.07, 6.45) is 6.38. The fraction of sp³-hybridized carbons (Fsp3) is 0.714. The number of imidazole rings is 1. The van der Waals surface area contributed by atoms with E-state index in [0.29, 0.717) is 6.04 Å². The summed E-state index contributed by atoms with van der Waals surface area (Å²) in [7, 11) is 3.65. The van der Waals surface area contributed by atoms with Crippen molar-refractivity contribution >= 4 is 5.91 Å². The van der Waals surface area contributed by atoms with Crippen molar-refractivity contribution in [1.29, 1.82) is 0 Å². The first-order valence-electron chi connectivity index (χ1n) is 7.33. The summed E-state index contributed by atoms with van der Waals surface area (Å²) in [5, 5.41) is 3.32. The molecule has 2 aliphatic rings. The Bertz CT molecular complexity index is 480. The molecule has 0 bridgehead atoms. The lowest BCUT2D eigenvalue weighted by molar-refractivity contribution is -0.135. The topological polar surface area (TPSA) is 53.4 Å². The van der Waals surface area contributed by atoms with Crippen molar-refractivity contribution in [3.63, 3.8) is 0 Å². The van der Waals surface area contributed by atoms with Crippen LogP contribution in [0.2, 0.25) is 0 Å². The van der Waals surface area contributed by atoms with Crippen molar-refractivity contribution in [3.8, 4) is 0 Å². The minimum Gasteiger partial charge on any atom is -0.347 e. The highest BCUT2D eigenvalue weighted by Gasteiger charge is 2.31. The summed E-state index contributed by atoms with van der Waals surface area (Å²) in [4.78, 5) is 20.5. The number of hydrogen-bond acceptors (Lipinski definition) is 4. The van der Waals surface area contributed by atoms with E-state index in [9.17, 15) is 4.79 Å². The van der Waals surface area contributed by atoms with Crippen molar-refractivity contribution in [2.45, 2.75) is 31.5 Å². The lowest BCUT2D eigenvalue weighted by Crippen LogP contribution is -2.57. The molecule has 20 heavy (non-hydrogen) atoms. The lowest BCUT2D eigenvalue weighted by atomic mass is 10.1. The van der Waals surface area contributed by atoms with Gasteiger partial charge in [0.15, 0.2) is 0 Å². The molecule has 6 nitrogen and oxygen atoms in total. The average Bonchev–Trinajstić information content (AvgIpc) is 3.19. The number of carbonyl (C=O) groups is 1. The zero-order valence-corrected chi connectivity index (χ0v) is 12.2. The van der Waals surface area contributed by atoms with E-state index in [-0.39, 0.29) is 11.9 Å². The number of aromatic nitrogens is 2. The Hall–Kier alpha value is -1.40. The van der Waals surface area contributed by atoms with Gasteiger partial charge >= 0.3 is 0 Å². The quantitative estimate of drug-likeness (QED) is 0.847. The van der Waals surface area contributed by atoms with Gasteiger partial charge in [0.1, 0.15) is 6.04 Å². The zero-order chi connectivity index (χ0) is 14.1. The second-order valence-electron chi connectivity index (χ2n) is 5.95. The normalized spacial score (nSPS) is 23.8. The first kappa shape index (κ1) is 13.6. The highest BCUT2D eigenvalue weighted by atomic mass is 16.2. The Morgan fingerprint density at radius 3 is 3.00 bits per heavy atom. The van der Waals surface area contributed by atoms with Crippen LogP contribution in [0.3, 0.4) is 0 Å². The number of nitrogens with one attached hydrogen (secondary N) is 1. The van der Waals surface area contributed by atoms with E-state index in [4.69, 9.17) is 0 Å². The Morgan fingerprint density at radius 2 is 2.30 bits per heavy atom. The van der Waals surface area contributed by atoms with Gasteiger partial charge in [-0.25, -0.2) is 4.98 Å². The van der Waals surface area contributed by atoms with E-state index < -0.39 is 0 Å². The molecule has 1 aliphatic carbocycles. The number of likely N-dealkylation sites (N-methyl/N-ethyl adjacent to an activating group) is 1. The Kier molecular flexibility index (Phi) is 3.76. The largest absolute Gasteiger partial charge is 0.347 e. The SMILES string of the molecule is CN(C)C(=O)C1CNCCN1Cc1cncn1C1CC1. The van der Waals surface area contributed by atoms with Crippen LogP contribution in [0.1, 0.15) is 24.6 Å². The molecular formula is C14H23N5O. The molecule has 1 aliphatic heterocycles.